The Labute approximate surface area is 106 Å². The Hall–Kier alpha value is -1.49. The van der Waals surface area contributed by atoms with Crippen LogP contribution in [0.1, 0.15) is 30.1 Å². The van der Waals surface area contributed by atoms with Crippen molar-refractivity contribution in [3.8, 4) is 0 Å². The van der Waals surface area contributed by atoms with Gasteiger partial charge in [-0.1, -0.05) is 13.3 Å². The van der Waals surface area contributed by atoms with Gasteiger partial charge in [0.25, 0.3) is 0 Å². The fourth-order valence-electron chi connectivity index (χ4n) is 2.05. The number of aldehydes is 1. The molecule has 98 valence electrons. The summed E-state index contributed by atoms with van der Waals surface area (Å²) < 4.78 is 13.3. The first-order valence-electron chi connectivity index (χ1n) is 6.33. The van der Waals surface area contributed by atoms with Gasteiger partial charge in [0.1, 0.15) is 5.82 Å². The van der Waals surface area contributed by atoms with Crippen LogP contribution in [0.2, 0.25) is 0 Å². The molecule has 1 aromatic heterocycles. The molecule has 0 radical (unpaired) electrons. The van der Waals surface area contributed by atoms with E-state index in [1.807, 2.05) is 0 Å². The van der Waals surface area contributed by atoms with Gasteiger partial charge < -0.3 is 5.32 Å². The number of halogens is 1. The molecule has 0 saturated carbocycles. The molecule has 0 aromatic carbocycles. The first kappa shape index (κ1) is 13.0. The lowest BCUT2D eigenvalue weighted by Gasteiger charge is -2.39. The van der Waals surface area contributed by atoms with E-state index in [-0.39, 0.29) is 5.56 Å². The van der Waals surface area contributed by atoms with E-state index in [0.717, 1.165) is 19.6 Å². The summed E-state index contributed by atoms with van der Waals surface area (Å²) in [7, 11) is 0. The number of anilines is 1. The van der Waals surface area contributed by atoms with Crippen LogP contribution in [-0.2, 0) is 0 Å². The number of nitrogens with zero attached hydrogens (tertiary/aromatic N) is 2. The highest BCUT2D eigenvalue weighted by Gasteiger charge is 2.26. The van der Waals surface area contributed by atoms with E-state index in [0.29, 0.717) is 18.1 Å². The van der Waals surface area contributed by atoms with E-state index in [1.54, 1.807) is 6.07 Å². The highest BCUT2D eigenvalue weighted by Crippen LogP contribution is 2.15. The van der Waals surface area contributed by atoms with E-state index >= 15 is 0 Å². The minimum atomic E-state index is -0.711. The largest absolute Gasteiger partial charge is 0.365 e. The Morgan fingerprint density at radius 2 is 2.33 bits per heavy atom. The third kappa shape index (κ3) is 3.04. The highest BCUT2D eigenvalue weighted by molar-refractivity contribution is 5.74. The fraction of sp³-hybridized carbons (Fsp3) is 0.538. The van der Waals surface area contributed by atoms with Gasteiger partial charge in [0, 0.05) is 13.1 Å². The molecule has 0 unspecified atom stereocenters. The van der Waals surface area contributed by atoms with Crippen molar-refractivity contribution < 1.29 is 9.18 Å². The van der Waals surface area contributed by atoms with E-state index in [1.165, 1.54) is 18.9 Å². The van der Waals surface area contributed by atoms with Gasteiger partial charge in [0.05, 0.1) is 11.6 Å². The zero-order chi connectivity index (χ0) is 13.0. The molecule has 18 heavy (non-hydrogen) atoms. The van der Waals surface area contributed by atoms with Crippen molar-refractivity contribution in [1.29, 1.82) is 0 Å². The number of carbonyl (C=O) groups is 1. The van der Waals surface area contributed by atoms with Crippen LogP contribution in [0.15, 0.2) is 12.1 Å². The minimum Gasteiger partial charge on any atom is -0.365 e. The van der Waals surface area contributed by atoms with Crippen LogP contribution in [-0.4, -0.2) is 41.8 Å². The average molecular weight is 251 g/mol. The Bertz CT molecular complexity index is 419. The highest BCUT2D eigenvalue weighted by atomic mass is 19.1. The van der Waals surface area contributed by atoms with Crippen molar-refractivity contribution in [2.24, 2.45) is 0 Å². The number of hydrogen-bond donors (Lipinski definition) is 1. The van der Waals surface area contributed by atoms with Gasteiger partial charge in [0.2, 0.25) is 5.95 Å². The fourth-order valence-corrected chi connectivity index (χ4v) is 2.05. The molecule has 1 saturated heterocycles. The molecule has 5 heteroatoms. The van der Waals surface area contributed by atoms with Gasteiger partial charge in [-0.2, -0.15) is 4.39 Å². The summed E-state index contributed by atoms with van der Waals surface area (Å²) in [4.78, 5) is 16.5. The van der Waals surface area contributed by atoms with Crippen molar-refractivity contribution in [2.45, 2.75) is 25.8 Å². The van der Waals surface area contributed by atoms with Crippen LogP contribution in [0.3, 0.4) is 0 Å². The zero-order valence-electron chi connectivity index (χ0n) is 10.5. The summed E-state index contributed by atoms with van der Waals surface area (Å²) >= 11 is 0. The number of rotatable bonds is 6. The van der Waals surface area contributed by atoms with Crippen LogP contribution < -0.4 is 5.32 Å². The molecule has 1 fully saturated rings. The molecule has 0 bridgehead atoms. The third-order valence-corrected chi connectivity index (χ3v) is 3.14. The van der Waals surface area contributed by atoms with Gasteiger partial charge in [-0.15, -0.1) is 0 Å². The van der Waals surface area contributed by atoms with Gasteiger partial charge >= 0.3 is 0 Å². The van der Waals surface area contributed by atoms with Gasteiger partial charge in [-0.05, 0) is 25.1 Å². The van der Waals surface area contributed by atoms with Crippen LogP contribution in [0.4, 0.5) is 10.2 Å². The number of likely N-dealkylation sites (tertiary alicyclic amines) is 1. The maximum atomic E-state index is 13.3. The van der Waals surface area contributed by atoms with Gasteiger partial charge in [0.15, 0.2) is 6.29 Å². The second-order valence-corrected chi connectivity index (χ2v) is 4.65. The zero-order valence-corrected chi connectivity index (χ0v) is 10.5. The second-order valence-electron chi connectivity index (χ2n) is 4.65. The molecule has 2 heterocycles. The van der Waals surface area contributed by atoms with Gasteiger partial charge in [-0.3, -0.25) is 9.69 Å². The summed E-state index contributed by atoms with van der Waals surface area (Å²) in [5.41, 5.74) is -0.00117. The van der Waals surface area contributed by atoms with E-state index in [9.17, 15) is 9.18 Å². The molecule has 2 rings (SSSR count). The molecule has 1 aliphatic rings. The predicted octanol–water partition coefficient (Wildman–Crippen LogP) is 1.93. The first-order valence-corrected chi connectivity index (χ1v) is 6.33. The predicted molar refractivity (Wildman–Crippen MR) is 68.3 cm³/mol. The molecule has 0 atom stereocenters. The molecule has 1 N–H and O–H groups in total. The quantitative estimate of drug-likeness (QED) is 0.620. The first-order chi connectivity index (χ1) is 8.72. The Morgan fingerprint density at radius 3 is 2.94 bits per heavy atom. The lowest BCUT2D eigenvalue weighted by Crippen LogP contribution is -2.54. The average Bonchev–Trinajstić information content (AvgIpc) is 2.32. The lowest BCUT2D eigenvalue weighted by atomic mass is 10.1. The van der Waals surface area contributed by atoms with Crippen LogP contribution in [0, 0.1) is 5.95 Å². The van der Waals surface area contributed by atoms with Crippen molar-refractivity contribution >= 4 is 12.1 Å². The number of aromatic nitrogens is 1. The number of nitrogens with one attached hydrogen (secondary N) is 1. The Balaban J connectivity index is 1.81. The molecule has 0 aliphatic carbocycles. The number of hydrogen-bond acceptors (Lipinski definition) is 4. The maximum Gasteiger partial charge on any atom is 0.225 e. The van der Waals surface area contributed by atoms with E-state index in [2.05, 4.69) is 22.1 Å². The maximum absolute atomic E-state index is 13.3. The topological polar surface area (TPSA) is 45.2 Å². The van der Waals surface area contributed by atoms with E-state index in [4.69, 9.17) is 0 Å². The molecule has 1 aromatic rings. The number of unbranched alkanes of at least 4 members (excludes halogenated alkanes) is 1. The van der Waals surface area contributed by atoms with Crippen LogP contribution in [0.25, 0.3) is 0 Å². The molecule has 0 amide bonds. The Kier molecular flexibility index (Phi) is 4.25. The summed E-state index contributed by atoms with van der Waals surface area (Å²) in [6.45, 7) is 5.24. The Morgan fingerprint density at radius 1 is 1.56 bits per heavy atom. The van der Waals surface area contributed by atoms with Gasteiger partial charge in [-0.25, -0.2) is 4.98 Å². The van der Waals surface area contributed by atoms with Crippen LogP contribution >= 0.6 is 0 Å². The summed E-state index contributed by atoms with van der Waals surface area (Å²) in [6, 6.07) is 3.42. The monoisotopic (exact) mass is 251 g/mol. The van der Waals surface area contributed by atoms with Crippen molar-refractivity contribution in [3.05, 3.63) is 23.6 Å². The van der Waals surface area contributed by atoms with Crippen molar-refractivity contribution in [3.63, 3.8) is 0 Å². The molecule has 0 spiro atoms. The molecule has 4 nitrogen and oxygen atoms in total. The SMILES string of the molecule is CCCCN1CC(Nc2ccc(C=O)c(F)n2)C1. The molecular formula is C13H18FN3O. The summed E-state index contributed by atoms with van der Waals surface area (Å²) in [5.74, 6) is -0.213. The second kappa shape index (κ2) is 5.91. The van der Waals surface area contributed by atoms with E-state index < -0.39 is 5.95 Å². The third-order valence-electron chi connectivity index (χ3n) is 3.14. The number of carbonyl (C=O) groups excluding carboxylic acids is 1. The van der Waals surface area contributed by atoms with Crippen LogP contribution in [0.5, 0.6) is 0 Å². The van der Waals surface area contributed by atoms with Crippen molar-refractivity contribution in [2.75, 3.05) is 25.0 Å². The smallest absolute Gasteiger partial charge is 0.225 e. The minimum absolute atomic E-state index is 0.00117. The molecule has 1 aliphatic heterocycles. The standard InChI is InChI=1S/C13H18FN3O/c1-2-3-6-17-7-11(8-17)15-12-5-4-10(9-18)13(14)16-12/h4-5,9,11H,2-3,6-8H2,1H3,(H,15,16). The van der Waals surface area contributed by atoms with Crippen molar-refractivity contribution in [1.82, 2.24) is 9.88 Å². The normalized spacial score (nSPS) is 16.3. The lowest BCUT2D eigenvalue weighted by molar-refractivity contribution is 0.111. The summed E-state index contributed by atoms with van der Waals surface area (Å²) in [5, 5.41) is 3.17. The summed E-state index contributed by atoms with van der Waals surface area (Å²) in [6.07, 6.45) is 2.89. The number of pyridine rings is 1. The molecular weight excluding hydrogens is 233 g/mol.